The number of fused-ring (bicyclic) bond motifs is 1. The molecule has 132 valence electrons. The van der Waals surface area contributed by atoms with Crippen LogP contribution >= 0.6 is 0 Å². The normalized spacial score (nSPS) is 15.0. The average molecular weight is 359 g/mol. The maximum Gasteiger partial charge on any atom is 0.416 e. The molecule has 25 heavy (non-hydrogen) atoms. The predicted octanol–water partition coefficient (Wildman–Crippen LogP) is 4.89. The van der Waals surface area contributed by atoms with Crippen molar-refractivity contribution < 1.29 is 30.9 Å². The summed E-state index contributed by atoms with van der Waals surface area (Å²) in [6, 6.07) is 8.73. The number of halogens is 6. The molecule has 8 heteroatoms. The van der Waals surface area contributed by atoms with Gasteiger partial charge in [0.2, 0.25) is 12.4 Å². The first-order valence-corrected chi connectivity index (χ1v) is 7.27. The van der Waals surface area contributed by atoms with Gasteiger partial charge in [0.05, 0.1) is 22.4 Å². The molecule has 0 aromatic heterocycles. The smallest absolute Gasteiger partial charge is 0.319 e. The summed E-state index contributed by atoms with van der Waals surface area (Å²) in [7, 11) is 1.72. The Bertz CT molecular complexity index is 804. The van der Waals surface area contributed by atoms with Crippen LogP contribution in [0, 0.1) is 0 Å². The topological polar surface area (TPSA) is 6.25 Å². The Morgan fingerprint density at radius 2 is 1.44 bits per heavy atom. The standard InChI is InChI=1S/C17H13F6N2/c1-24-10-25(9-11-4-2-3-5-15(11)24)14-7-12(16(18,19)20)6-13(8-14)17(21,22)23/h2-9H,10H2,1H3/q+1. The van der Waals surface area contributed by atoms with Crippen molar-refractivity contribution in [1.29, 1.82) is 0 Å². The van der Waals surface area contributed by atoms with Crippen LogP contribution < -0.4 is 4.90 Å². The van der Waals surface area contributed by atoms with Crippen LogP contribution in [-0.4, -0.2) is 24.5 Å². The molecule has 0 unspecified atom stereocenters. The van der Waals surface area contributed by atoms with E-state index in [1.165, 1.54) is 4.58 Å². The molecular weight excluding hydrogens is 346 g/mol. The van der Waals surface area contributed by atoms with E-state index >= 15 is 0 Å². The fourth-order valence-electron chi connectivity index (χ4n) is 2.72. The molecule has 0 saturated carbocycles. The lowest BCUT2D eigenvalue weighted by atomic mass is 10.1. The Morgan fingerprint density at radius 1 is 0.880 bits per heavy atom. The number of alkyl halides is 6. The summed E-state index contributed by atoms with van der Waals surface area (Å²) in [6.07, 6.45) is -8.18. The molecule has 0 bridgehead atoms. The zero-order chi connectivity index (χ0) is 18.4. The highest BCUT2D eigenvalue weighted by molar-refractivity contribution is 5.86. The van der Waals surface area contributed by atoms with Crippen molar-refractivity contribution in [2.75, 3.05) is 18.6 Å². The SMILES string of the molecule is CN1C[N+](c2cc(C(F)(F)F)cc(C(F)(F)F)c2)=Cc2ccccc21. The molecule has 0 N–H and O–H groups in total. The van der Waals surface area contributed by atoms with E-state index in [2.05, 4.69) is 0 Å². The molecule has 2 aromatic carbocycles. The lowest BCUT2D eigenvalue weighted by Crippen LogP contribution is -2.32. The quantitative estimate of drug-likeness (QED) is 0.519. The zero-order valence-corrected chi connectivity index (χ0v) is 13.0. The Balaban J connectivity index is 2.16. The lowest BCUT2D eigenvalue weighted by Gasteiger charge is -2.23. The number of nitrogens with zero attached hydrogens (tertiary/aromatic N) is 2. The van der Waals surface area contributed by atoms with Crippen LogP contribution in [0.3, 0.4) is 0 Å². The van der Waals surface area contributed by atoms with Crippen molar-refractivity contribution in [3.05, 3.63) is 59.2 Å². The highest BCUT2D eigenvalue weighted by Gasteiger charge is 2.38. The molecule has 0 aliphatic carbocycles. The number of anilines is 1. The average Bonchev–Trinajstić information content (AvgIpc) is 2.53. The maximum atomic E-state index is 13.0. The number of hydrogen-bond acceptors (Lipinski definition) is 1. The minimum atomic E-state index is -4.87. The molecule has 0 amide bonds. The lowest BCUT2D eigenvalue weighted by molar-refractivity contribution is -0.435. The van der Waals surface area contributed by atoms with Gasteiger partial charge in [0.25, 0.3) is 0 Å². The molecular formula is C17H13F6N2+. The maximum absolute atomic E-state index is 13.0. The fraction of sp³-hybridized carbons (Fsp3) is 0.235. The van der Waals surface area contributed by atoms with Crippen LogP contribution in [0.2, 0.25) is 0 Å². The van der Waals surface area contributed by atoms with Crippen molar-refractivity contribution in [3.8, 4) is 0 Å². The molecule has 0 spiro atoms. The Hall–Kier alpha value is -2.51. The van der Waals surface area contributed by atoms with E-state index in [1.807, 2.05) is 12.1 Å². The third-order valence-corrected chi connectivity index (χ3v) is 3.91. The Morgan fingerprint density at radius 3 is 2.00 bits per heavy atom. The van der Waals surface area contributed by atoms with Crippen molar-refractivity contribution >= 4 is 17.6 Å². The van der Waals surface area contributed by atoms with Gasteiger partial charge in [-0.2, -0.15) is 30.9 Å². The van der Waals surface area contributed by atoms with Crippen LogP contribution in [0.15, 0.2) is 42.5 Å². The Labute approximate surface area is 139 Å². The summed E-state index contributed by atoms with van der Waals surface area (Å²) in [5.41, 5.74) is -1.26. The van der Waals surface area contributed by atoms with Crippen molar-refractivity contribution in [2.45, 2.75) is 12.4 Å². The second-order valence-corrected chi connectivity index (χ2v) is 5.76. The first-order valence-electron chi connectivity index (χ1n) is 7.27. The number of hydrogen-bond donors (Lipinski definition) is 0. The van der Waals surface area contributed by atoms with E-state index in [4.69, 9.17) is 0 Å². The predicted molar refractivity (Wildman–Crippen MR) is 81.2 cm³/mol. The van der Waals surface area contributed by atoms with E-state index in [0.29, 0.717) is 5.56 Å². The summed E-state index contributed by atoms with van der Waals surface area (Å²) >= 11 is 0. The largest absolute Gasteiger partial charge is 0.416 e. The molecule has 2 nitrogen and oxygen atoms in total. The van der Waals surface area contributed by atoms with Gasteiger partial charge in [-0.25, -0.2) is 0 Å². The van der Waals surface area contributed by atoms with E-state index in [-0.39, 0.29) is 18.4 Å². The molecule has 1 aliphatic rings. The highest BCUT2D eigenvalue weighted by Crippen LogP contribution is 2.38. The van der Waals surface area contributed by atoms with E-state index < -0.39 is 23.5 Å². The second kappa shape index (κ2) is 5.79. The molecule has 0 saturated heterocycles. The number of benzene rings is 2. The molecule has 2 aromatic rings. The second-order valence-electron chi connectivity index (χ2n) is 5.76. The van der Waals surface area contributed by atoms with E-state index in [0.717, 1.165) is 17.8 Å². The summed E-state index contributed by atoms with van der Waals surface area (Å²) in [6.45, 7) is 0.135. The minimum Gasteiger partial charge on any atom is -0.319 e. The van der Waals surface area contributed by atoms with Crippen molar-refractivity contribution in [1.82, 2.24) is 0 Å². The van der Waals surface area contributed by atoms with Crippen LogP contribution in [-0.2, 0) is 12.4 Å². The summed E-state index contributed by atoms with van der Waals surface area (Å²) in [5.74, 6) is 0. The third kappa shape index (κ3) is 3.47. The van der Waals surface area contributed by atoms with Gasteiger partial charge in [0.1, 0.15) is 0 Å². The first kappa shape index (κ1) is 17.3. The number of rotatable bonds is 1. The van der Waals surface area contributed by atoms with Crippen molar-refractivity contribution in [2.24, 2.45) is 0 Å². The fourth-order valence-corrected chi connectivity index (χ4v) is 2.72. The van der Waals surface area contributed by atoms with Gasteiger partial charge in [-0.05, 0) is 18.2 Å². The summed E-state index contributed by atoms with van der Waals surface area (Å²) in [5, 5.41) is 0. The molecule has 1 heterocycles. The van der Waals surface area contributed by atoms with Gasteiger partial charge in [0.15, 0.2) is 6.21 Å². The van der Waals surface area contributed by atoms with Gasteiger partial charge in [0, 0.05) is 19.2 Å². The van der Waals surface area contributed by atoms with Crippen LogP contribution in [0.25, 0.3) is 0 Å². The van der Waals surface area contributed by atoms with Gasteiger partial charge >= 0.3 is 12.4 Å². The van der Waals surface area contributed by atoms with Crippen LogP contribution in [0.1, 0.15) is 16.7 Å². The van der Waals surface area contributed by atoms with Crippen LogP contribution in [0.4, 0.5) is 37.7 Å². The number of para-hydroxylation sites is 1. The van der Waals surface area contributed by atoms with Gasteiger partial charge in [-0.3, -0.25) is 0 Å². The van der Waals surface area contributed by atoms with E-state index in [9.17, 15) is 26.3 Å². The summed E-state index contributed by atoms with van der Waals surface area (Å²) < 4.78 is 79.4. The van der Waals surface area contributed by atoms with E-state index in [1.54, 1.807) is 30.3 Å². The molecule has 0 radical (unpaired) electrons. The Kier molecular flexibility index (Phi) is 4.01. The summed E-state index contributed by atoms with van der Waals surface area (Å²) in [4.78, 5) is 1.75. The van der Waals surface area contributed by atoms with Crippen LogP contribution in [0.5, 0.6) is 0 Å². The van der Waals surface area contributed by atoms with Crippen molar-refractivity contribution in [3.63, 3.8) is 0 Å². The third-order valence-electron chi connectivity index (χ3n) is 3.91. The van der Waals surface area contributed by atoms with Gasteiger partial charge < -0.3 is 4.90 Å². The molecule has 3 rings (SSSR count). The van der Waals surface area contributed by atoms with Gasteiger partial charge in [-0.1, -0.05) is 12.1 Å². The molecule has 0 atom stereocenters. The monoisotopic (exact) mass is 359 g/mol. The first-order chi connectivity index (χ1) is 11.6. The molecule has 1 aliphatic heterocycles. The minimum absolute atomic E-state index is 0.130. The molecule has 0 fully saturated rings. The van der Waals surface area contributed by atoms with Gasteiger partial charge in [-0.15, -0.1) is 0 Å². The highest BCUT2D eigenvalue weighted by atomic mass is 19.4. The zero-order valence-electron chi connectivity index (χ0n) is 13.0.